The predicted octanol–water partition coefficient (Wildman–Crippen LogP) is 2.12. The van der Waals surface area contributed by atoms with Crippen molar-refractivity contribution in [3.63, 3.8) is 0 Å². The summed E-state index contributed by atoms with van der Waals surface area (Å²) in [6.45, 7) is 3.40. The van der Waals surface area contributed by atoms with E-state index in [9.17, 15) is 4.79 Å². The van der Waals surface area contributed by atoms with Gasteiger partial charge in [-0.1, -0.05) is 12.1 Å². The largest absolute Gasteiger partial charge is 0.346 e. The Kier molecular flexibility index (Phi) is 2.97. The van der Waals surface area contributed by atoms with E-state index in [1.807, 2.05) is 24.3 Å². The lowest BCUT2D eigenvalue weighted by molar-refractivity contribution is 0.0909. The summed E-state index contributed by atoms with van der Waals surface area (Å²) >= 11 is 1.47. The zero-order valence-corrected chi connectivity index (χ0v) is 12.0. The van der Waals surface area contributed by atoms with Crippen LogP contribution in [0.1, 0.15) is 22.6 Å². The van der Waals surface area contributed by atoms with Gasteiger partial charge in [-0.2, -0.15) is 0 Å². The van der Waals surface area contributed by atoms with Crippen molar-refractivity contribution in [2.75, 3.05) is 19.6 Å². The molecule has 1 aromatic heterocycles. The van der Waals surface area contributed by atoms with Gasteiger partial charge < -0.3 is 10.2 Å². The Balaban J connectivity index is 1.49. The van der Waals surface area contributed by atoms with Gasteiger partial charge in [0.25, 0.3) is 5.91 Å². The Morgan fingerprint density at radius 3 is 3.10 bits per heavy atom. The molecule has 2 aliphatic rings. The Labute approximate surface area is 121 Å². The number of benzene rings is 1. The van der Waals surface area contributed by atoms with Crippen molar-refractivity contribution in [1.82, 2.24) is 15.2 Å². The van der Waals surface area contributed by atoms with E-state index in [0.29, 0.717) is 5.01 Å². The minimum atomic E-state index is -0.0151. The number of para-hydroxylation sites is 1. The number of amides is 1. The molecule has 2 saturated heterocycles. The minimum Gasteiger partial charge on any atom is -0.346 e. The first-order valence-corrected chi connectivity index (χ1v) is 7.98. The van der Waals surface area contributed by atoms with Crippen LogP contribution in [-0.2, 0) is 0 Å². The summed E-state index contributed by atoms with van der Waals surface area (Å²) in [5.41, 5.74) is 0.912. The maximum Gasteiger partial charge on any atom is 0.280 e. The molecule has 1 amide bonds. The van der Waals surface area contributed by atoms with Gasteiger partial charge in [-0.05, 0) is 37.4 Å². The van der Waals surface area contributed by atoms with Crippen LogP contribution in [0, 0.1) is 5.92 Å². The third-order valence-corrected chi connectivity index (χ3v) is 5.32. The molecule has 20 heavy (non-hydrogen) atoms. The molecule has 2 aromatic rings. The number of rotatable bonds is 2. The number of hydrogen-bond acceptors (Lipinski definition) is 4. The molecule has 0 spiro atoms. The van der Waals surface area contributed by atoms with E-state index in [1.54, 1.807) is 0 Å². The molecule has 0 radical (unpaired) electrons. The van der Waals surface area contributed by atoms with Crippen LogP contribution in [0.25, 0.3) is 10.2 Å². The molecule has 104 valence electrons. The summed E-state index contributed by atoms with van der Waals surface area (Å²) in [6, 6.07) is 8.19. The number of piperidine rings is 1. The second-order valence-electron chi connectivity index (χ2n) is 5.81. The van der Waals surface area contributed by atoms with Crippen molar-refractivity contribution in [3.05, 3.63) is 29.3 Å². The summed E-state index contributed by atoms with van der Waals surface area (Å²) in [7, 11) is 0. The topological polar surface area (TPSA) is 45.2 Å². The molecule has 1 unspecified atom stereocenters. The fraction of sp³-hybridized carbons (Fsp3) is 0.467. The molecular formula is C15H17N3OS. The first-order valence-electron chi connectivity index (χ1n) is 7.17. The smallest absolute Gasteiger partial charge is 0.280 e. The zero-order valence-electron chi connectivity index (χ0n) is 11.2. The molecule has 0 aliphatic carbocycles. The lowest BCUT2D eigenvalue weighted by atomic mass is 9.97. The molecule has 2 fully saturated rings. The molecule has 3 atom stereocenters. The van der Waals surface area contributed by atoms with Gasteiger partial charge in [-0.3, -0.25) is 4.79 Å². The maximum atomic E-state index is 12.3. The van der Waals surface area contributed by atoms with Gasteiger partial charge >= 0.3 is 0 Å². The number of thiazole rings is 1. The molecule has 1 aromatic carbocycles. The van der Waals surface area contributed by atoms with Gasteiger partial charge in [0.15, 0.2) is 5.01 Å². The number of fused-ring (bicyclic) bond motifs is 3. The molecule has 1 N–H and O–H groups in total. The summed E-state index contributed by atoms with van der Waals surface area (Å²) < 4.78 is 1.07. The number of carbonyl (C=O) groups excluding carboxylic acids is 1. The van der Waals surface area contributed by atoms with Gasteiger partial charge in [0, 0.05) is 19.1 Å². The van der Waals surface area contributed by atoms with E-state index < -0.39 is 0 Å². The Bertz CT molecular complexity index is 608. The average molecular weight is 287 g/mol. The molecule has 2 bridgehead atoms. The molecule has 4 rings (SSSR count). The summed E-state index contributed by atoms with van der Waals surface area (Å²) in [5, 5.41) is 3.75. The Morgan fingerprint density at radius 2 is 2.25 bits per heavy atom. The highest BCUT2D eigenvalue weighted by Crippen LogP contribution is 2.27. The Morgan fingerprint density at radius 1 is 1.35 bits per heavy atom. The molecule has 5 heteroatoms. The summed E-state index contributed by atoms with van der Waals surface area (Å²) in [6.07, 6.45) is 2.40. The second-order valence-corrected chi connectivity index (χ2v) is 6.84. The molecule has 2 aliphatic heterocycles. The third kappa shape index (κ3) is 2.21. The second kappa shape index (κ2) is 4.82. The molecule has 0 saturated carbocycles. The highest BCUT2D eigenvalue weighted by Gasteiger charge is 2.33. The van der Waals surface area contributed by atoms with E-state index in [4.69, 9.17) is 0 Å². The summed E-state index contributed by atoms with van der Waals surface area (Å²) in [4.78, 5) is 19.2. The average Bonchev–Trinajstić information content (AvgIpc) is 3.02. The predicted molar refractivity (Wildman–Crippen MR) is 80.0 cm³/mol. The van der Waals surface area contributed by atoms with Crippen molar-refractivity contribution >= 4 is 27.5 Å². The number of carbonyl (C=O) groups is 1. The molecular weight excluding hydrogens is 270 g/mol. The Hall–Kier alpha value is -1.46. The fourth-order valence-corrected chi connectivity index (χ4v) is 4.25. The number of nitrogens with zero attached hydrogens (tertiary/aromatic N) is 2. The standard InChI is InChI=1S/C15H17N3OS/c19-14(15-17-12-3-1-2-4-13(12)20-15)16-11-7-10-5-6-18(8-10)9-11/h1-4,10-11H,5-9H2,(H,16,19)/t10-,11+/m0/s1. The van der Waals surface area contributed by atoms with Crippen LogP contribution < -0.4 is 5.32 Å². The van der Waals surface area contributed by atoms with E-state index in [2.05, 4.69) is 15.2 Å². The SMILES string of the molecule is O=C(N[C@@H]1C[C@@H]2CCN(C2)C1)c1nc2ccccc2s1. The lowest BCUT2D eigenvalue weighted by Gasteiger charge is -2.30. The first-order chi connectivity index (χ1) is 9.78. The molecule has 3 heterocycles. The van der Waals surface area contributed by atoms with E-state index in [0.717, 1.165) is 29.1 Å². The van der Waals surface area contributed by atoms with E-state index >= 15 is 0 Å². The van der Waals surface area contributed by atoms with E-state index in [-0.39, 0.29) is 11.9 Å². The van der Waals surface area contributed by atoms with Crippen molar-refractivity contribution < 1.29 is 4.79 Å². The number of hydrogen-bond donors (Lipinski definition) is 1. The number of aromatic nitrogens is 1. The van der Waals surface area contributed by atoms with Crippen LogP contribution in [-0.4, -0.2) is 41.5 Å². The van der Waals surface area contributed by atoms with Crippen LogP contribution >= 0.6 is 11.3 Å². The quantitative estimate of drug-likeness (QED) is 0.920. The normalized spacial score (nSPS) is 28.7. The van der Waals surface area contributed by atoms with Gasteiger partial charge in [0.05, 0.1) is 10.2 Å². The van der Waals surface area contributed by atoms with Crippen molar-refractivity contribution in [2.24, 2.45) is 5.92 Å². The van der Waals surface area contributed by atoms with Gasteiger partial charge in [-0.25, -0.2) is 4.98 Å². The van der Waals surface area contributed by atoms with Gasteiger partial charge in [0.2, 0.25) is 0 Å². The number of nitrogens with one attached hydrogen (secondary N) is 1. The highest BCUT2D eigenvalue weighted by molar-refractivity contribution is 7.20. The van der Waals surface area contributed by atoms with Crippen LogP contribution in [0.5, 0.6) is 0 Å². The van der Waals surface area contributed by atoms with Crippen LogP contribution in [0.4, 0.5) is 0 Å². The van der Waals surface area contributed by atoms with Crippen molar-refractivity contribution in [1.29, 1.82) is 0 Å². The van der Waals surface area contributed by atoms with Crippen LogP contribution in [0.3, 0.4) is 0 Å². The maximum absolute atomic E-state index is 12.3. The van der Waals surface area contributed by atoms with Gasteiger partial charge in [0.1, 0.15) is 0 Å². The fourth-order valence-electron chi connectivity index (χ4n) is 3.38. The van der Waals surface area contributed by atoms with Crippen LogP contribution in [0.2, 0.25) is 0 Å². The minimum absolute atomic E-state index is 0.0151. The van der Waals surface area contributed by atoms with Gasteiger partial charge in [-0.15, -0.1) is 11.3 Å². The first kappa shape index (κ1) is 12.3. The molecule has 4 nitrogen and oxygen atoms in total. The third-order valence-electron chi connectivity index (χ3n) is 4.29. The summed E-state index contributed by atoms with van der Waals surface area (Å²) in [5.74, 6) is 0.753. The van der Waals surface area contributed by atoms with Crippen molar-refractivity contribution in [3.8, 4) is 0 Å². The lowest BCUT2D eigenvalue weighted by Crippen LogP contribution is -2.46. The van der Waals surface area contributed by atoms with Crippen LogP contribution in [0.15, 0.2) is 24.3 Å². The highest BCUT2D eigenvalue weighted by atomic mass is 32.1. The zero-order chi connectivity index (χ0) is 13.5. The van der Waals surface area contributed by atoms with Crippen molar-refractivity contribution in [2.45, 2.75) is 18.9 Å². The monoisotopic (exact) mass is 287 g/mol. The van der Waals surface area contributed by atoms with E-state index in [1.165, 1.54) is 30.8 Å².